The first-order valence-corrected chi connectivity index (χ1v) is 15.4. The molecule has 0 aliphatic carbocycles. The quantitative estimate of drug-likeness (QED) is 0.273. The number of halogens is 1. The molecule has 0 aliphatic heterocycles. The van der Waals surface area contributed by atoms with Crippen LogP contribution in [-0.4, -0.2) is 65.6 Å². The van der Waals surface area contributed by atoms with Gasteiger partial charge in [-0.3, -0.25) is 13.9 Å². The van der Waals surface area contributed by atoms with Crippen molar-refractivity contribution in [2.75, 3.05) is 38.7 Å². The van der Waals surface area contributed by atoms with Gasteiger partial charge >= 0.3 is 0 Å². The number of carbonyl (C=O) groups is 2. The zero-order chi connectivity index (χ0) is 31.7. The van der Waals surface area contributed by atoms with Crippen LogP contribution in [0.2, 0.25) is 5.02 Å². The number of nitrogens with one attached hydrogen (secondary N) is 1. The standard InChI is InChI=1S/C31H38ClN3O7S/c1-21(2)18-33-31(37)22(3)34(19-23-10-8-7-9-11-23)30(36)20-35(26-16-24(32)12-14-27(26)40-4)43(38,39)25-13-15-28(41-5)29(17-25)42-6/h7-17,21-22H,18-20H2,1-6H3,(H,33,37)/t22-/m0/s1. The lowest BCUT2D eigenvalue weighted by Gasteiger charge is -2.32. The summed E-state index contributed by atoms with van der Waals surface area (Å²) in [5.74, 6) is -0.0612. The van der Waals surface area contributed by atoms with Crippen molar-refractivity contribution in [2.24, 2.45) is 5.92 Å². The number of rotatable bonds is 14. The van der Waals surface area contributed by atoms with Crippen molar-refractivity contribution in [1.82, 2.24) is 10.2 Å². The largest absolute Gasteiger partial charge is 0.495 e. The van der Waals surface area contributed by atoms with Gasteiger partial charge in [0.1, 0.15) is 18.3 Å². The molecule has 0 heterocycles. The number of anilines is 1. The lowest BCUT2D eigenvalue weighted by atomic mass is 10.1. The monoisotopic (exact) mass is 631 g/mol. The third-order valence-electron chi connectivity index (χ3n) is 6.68. The summed E-state index contributed by atoms with van der Waals surface area (Å²) in [5, 5.41) is 3.10. The van der Waals surface area contributed by atoms with E-state index < -0.39 is 28.5 Å². The molecular formula is C31H38ClN3O7S. The van der Waals surface area contributed by atoms with Crippen molar-refractivity contribution < 1.29 is 32.2 Å². The van der Waals surface area contributed by atoms with E-state index in [1.807, 2.05) is 44.2 Å². The molecule has 1 N–H and O–H groups in total. The lowest BCUT2D eigenvalue weighted by Crippen LogP contribution is -2.51. The van der Waals surface area contributed by atoms with Gasteiger partial charge in [0.2, 0.25) is 11.8 Å². The summed E-state index contributed by atoms with van der Waals surface area (Å²) in [7, 11) is -0.202. The Morgan fingerprint density at radius 2 is 1.49 bits per heavy atom. The van der Waals surface area contributed by atoms with Crippen molar-refractivity contribution in [1.29, 1.82) is 0 Å². The average Bonchev–Trinajstić information content (AvgIpc) is 3.00. The van der Waals surface area contributed by atoms with Crippen molar-refractivity contribution in [3.63, 3.8) is 0 Å². The molecule has 43 heavy (non-hydrogen) atoms. The normalized spacial score (nSPS) is 11.9. The second-order valence-electron chi connectivity index (χ2n) is 10.2. The number of amides is 2. The van der Waals surface area contributed by atoms with Crippen molar-refractivity contribution >= 4 is 39.1 Å². The molecule has 3 aromatic rings. The van der Waals surface area contributed by atoms with E-state index in [1.54, 1.807) is 13.0 Å². The van der Waals surface area contributed by atoms with E-state index in [1.165, 1.54) is 56.6 Å². The first kappa shape index (κ1) is 33.5. The SMILES string of the molecule is COc1ccc(S(=O)(=O)N(CC(=O)N(Cc2ccccc2)[C@@H](C)C(=O)NCC(C)C)c2cc(Cl)ccc2OC)cc1OC. The van der Waals surface area contributed by atoms with Crippen LogP contribution < -0.4 is 23.8 Å². The van der Waals surface area contributed by atoms with Crippen LogP contribution in [0.3, 0.4) is 0 Å². The van der Waals surface area contributed by atoms with E-state index in [0.717, 1.165) is 9.87 Å². The van der Waals surface area contributed by atoms with Gasteiger partial charge < -0.3 is 24.4 Å². The van der Waals surface area contributed by atoms with Crippen LogP contribution in [0.4, 0.5) is 5.69 Å². The van der Waals surface area contributed by atoms with E-state index >= 15 is 0 Å². The van der Waals surface area contributed by atoms with Crippen molar-refractivity contribution in [3.8, 4) is 17.2 Å². The summed E-state index contributed by atoms with van der Waals surface area (Å²) in [4.78, 5) is 28.5. The Morgan fingerprint density at radius 3 is 2.09 bits per heavy atom. The van der Waals surface area contributed by atoms with Crippen LogP contribution in [0.1, 0.15) is 26.3 Å². The van der Waals surface area contributed by atoms with Gasteiger partial charge in [0.15, 0.2) is 11.5 Å². The van der Waals surface area contributed by atoms with Crippen LogP contribution in [0.15, 0.2) is 71.6 Å². The first-order chi connectivity index (χ1) is 20.4. The highest BCUT2D eigenvalue weighted by atomic mass is 35.5. The molecule has 0 radical (unpaired) electrons. The zero-order valence-electron chi connectivity index (χ0n) is 25.2. The van der Waals surface area contributed by atoms with Gasteiger partial charge in [0.25, 0.3) is 10.0 Å². The predicted octanol–water partition coefficient (Wildman–Crippen LogP) is 4.75. The summed E-state index contributed by atoms with van der Waals surface area (Å²) in [6.07, 6.45) is 0. The molecule has 0 unspecified atom stereocenters. The van der Waals surface area contributed by atoms with Gasteiger partial charge in [0, 0.05) is 24.2 Å². The molecule has 2 amide bonds. The van der Waals surface area contributed by atoms with Crippen LogP contribution >= 0.6 is 11.6 Å². The molecule has 0 spiro atoms. The number of ether oxygens (including phenoxy) is 3. The smallest absolute Gasteiger partial charge is 0.265 e. The number of methoxy groups -OCH3 is 3. The van der Waals surface area contributed by atoms with Gasteiger partial charge in [-0.05, 0) is 48.7 Å². The highest BCUT2D eigenvalue weighted by Crippen LogP contribution is 2.37. The Kier molecular flexibility index (Phi) is 11.7. The summed E-state index contributed by atoms with van der Waals surface area (Å²) >= 11 is 6.30. The summed E-state index contributed by atoms with van der Waals surface area (Å²) in [6, 6.07) is 16.9. The Hall–Kier alpha value is -3.96. The molecule has 0 aliphatic rings. The van der Waals surface area contributed by atoms with Gasteiger partial charge in [-0.2, -0.15) is 0 Å². The van der Waals surface area contributed by atoms with Crippen molar-refractivity contribution in [2.45, 2.75) is 38.3 Å². The molecule has 10 nitrogen and oxygen atoms in total. The molecule has 0 bridgehead atoms. The Morgan fingerprint density at radius 1 is 0.860 bits per heavy atom. The molecule has 0 aromatic heterocycles. The highest BCUT2D eigenvalue weighted by Gasteiger charge is 2.34. The molecule has 12 heteroatoms. The van der Waals surface area contributed by atoms with E-state index in [9.17, 15) is 18.0 Å². The molecule has 0 saturated carbocycles. The van der Waals surface area contributed by atoms with Crippen molar-refractivity contribution in [3.05, 3.63) is 77.3 Å². The van der Waals surface area contributed by atoms with Crippen LogP contribution in [0, 0.1) is 5.92 Å². The summed E-state index contributed by atoms with van der Waals surface area (Å²) in [6.45, 7) is 5.40. The Balaban J connectivity index is 2.12. The fraction of sp³-hybridized carbons (Fsp3) is 0.355. The molecular weight excluding hydrogens is 594 g/mol. The van der Waals surface area contributed by atoms with Gasteiger partial charge in [-0.25, -0.2) is 8.42 Å². The van der Waals surface area contributed by atoms with Gasteiger partial charge in [-0.1, -0.05) is 55.8 Å². The molecule has 0 fully saturated rings. The Bertz CT molecular complexity index is 1520. The third kappa shape index (κ3) is 8.32. The van der Waals surface area contributed by atoms with E-state index in [0.29, 0.717) is 12.3 Å². The number of sulfonamides is 1. The Labute approximate surface area is 258 Å². The average molecular weight is 632 g/mol. The second kappa shape index (κ2) is 15.0. The fourth-order valence-electron chi connectivity index (χ4n) is 4.29. The number of nitrogens with zero attached hydrogens (tertiary/aromatic N) is 2. The number of hydrogen-bond donors (Lipinski definition) is 1. The topological polar surface area (TPSA) is 114 Å². The van der Waals surface area contributed by atoms with Crippen LogP contribution in [0.5, 0.6) is 17.2 Å². The maximum absolute atomic E-state index is 14.3. The third-order valence-corrected chi connectivity index (χ3v) is 8.67. The van der Waals surface area contributed by atoms with E-state index in [-0.39, 0.29) is 45.5 Å². The number of carbonyl (C=O) groups excluding carboxylic acids is 2. The molecule has 3 aromatic carbocycles. The second-order valence-corrected chi connectivity index (χ2v) is 12.5. The first-order valence-electron chi connectivity index (χ1n) is 13.6. The minimum Gasteiger partial charge on any atom is -0.495 e. The maximum atomic E-state index is 14.3. The highest BCUT2D eigenvalue weighted by molar-refractivity contribution is 7.92. The van der Waals surface area contributed by atoms with Gasteiger partial charge in [-0.15, -0.1) is 0 Å². The number of benzene rings is 3. The van der Waals surface area contributed by atoms with Crippen LogP contribution in [0.25, 0.3) is 0 Å². The lowest BCUT2D eigenvalue weighted by molar-refractivity contribution is -0.139. The number of hydrogen-bond acceptors (Lipinski definition) is 7. The zero-order valence-corrected chi connectivity index (χ0v) is 26.7. The minimum atomic E-state index is -4.42. The molecule has 3 rings (SSSR count). The summed E-state index contributed by atoms with van der Waals surface area (Å²) in [5.41, 5.74) is 0.823. The molecule has 232 valence electrons. The van der Waals surface area contributed by atoms with E-state index in [2.05, 4.69) is 5.32 Å². The van der Waals surface area contributed by atoms with E-state index in [4.69, 9.17) is 25.8 Å². The fourth-order valence-corrected chi connectivity index (χ4v) is 5.89. The molecule has 1 atom stereocenters. The summed E-state index contributed by atoms with van der Waals surface area (Å²) < 4.78 is 45.5. The molecule has 0 saturated heterocycles. The predicted molar refractivity (Wildman–Crippen MR) is 166 cm³/mol. The maximum Gasteiger partial charge on any atom is 0.265 e. The van der Waals surface area contributed by atoms with Crippen LogP contribution in [-0.2, 0) is 26.2 Å². The van der Waals surface area contributed by atoms with Gasteiger partial charge in [0.05, 0.1) is 31.9 Å². The minimum absolute atomic E-state index is 0.0507.